The average molecular weight is 370 g/mol. The zero-order valence-corrected chi connectivity index (χ0v) is 13.4. The normalized spacial score (nSPS) is 12.5. The van der Waals surface area contributed by atoms with Crippen molar-refractivity contribution in [1.29, 1.82) is 0 Å². The standard InChI is InChI=1S/C14H14Br2N2/c1-8-3-9(2)5-10(4-8)13(17)14-12(16)6-11(15)7-18-14/h3-7,13H,17H2,1-2H3. The van der Waals surface area contributed by atoms with Gasteiger partial charge in [-0.1, -0.05) is 29.3 Å². The highest BCUT2D eigenvalue weighted by atomic mass is 79.9. The van der Waals surface area contributed by atoms with Crippen LogP contribution in [0.25, 0.3) is 0 Å². The number of rotatable bonds is 2. The number of aryl methyl sites for hydroxylation is 2. The van der Waals surface area contributed by atoms with Crippen molar-refractivity contribution in [3.63, 3.8) is 0 Å². The molecule has 94 valence electrons. The van der Waals surface area contributed by atoms with Gasteiger partial charge in [-0.25, -0.2) is 0 Å². The Bertz CT molecular complexity index is 562. The maximum absolute atomic E-state index is 6.30. The van der Waals surface area contributed by atoms with Gasteiger partial charge in [-0.15, -0.1) is 0 Å². The molecule has 2 rings (SSSR count). The van der Waals surface area contributed by atoms with Gasteiger partial charge in [-0.2, -0.15) is 0 Å². The van der Waals surface area contributed by atoms with Gasteiger partial charge in [0.2, 0.25) is 0 Å². The van der Waals surface area contributed by atoms with Crippen LogP contribution >= 0.6 is 31.9 Å². The molecule has 0 fully saturated rings. The van der Waals surface area contributed by atoms with E-state index in [-0.39, 0.29) is 6.04 Å². The molecule has 0 radical (unpaired) electrons. The summed E-state index contributed by atoms with van der Waals surface area (Å²) in [6.45, 7) is 4.15. The molecule has 2 N–H and O–H groups in total. The van der Waals surface area contributed by atoms with Crippen molar-refractivity contribution in [2.75, 3.05) is 0 Å². The predicted molar refractivity (Wildman–Crippen MR) is 81.6 cm³/mol. The number of aromatic nitrogens is 1. The molecule has 1 atom stereocenters. The lowest BCUT2D eigenvalue weighted by atomic mass is 9.99. The van der Waals surface area contributed by atoms with E-state index < -0.39 is 0 Å². The molecule has 1 aromatic heterocycles. The van der Waals surface area contributed by atoms with E-state index in [0.717, 1.165) is 20.2 Å². The van der Waals surface area contributed by atoms with Gasteiger partial charge in [-0.05, 0) is 57.3 Å². The first-order valence-electron chi connectivity index (χ1n) is 5.62. The van der Waals surface area contributed by atoms with Crippen molar-refractivity contribution in [3.8, 4) is 0 Å². The van der Waals surface area contributed by atoms with Crippen LogP contribution in [-0.4, -0.2) is 4.98 Å². The van der Waals surface area contributed by atoms with Crippen LogP contribution in [0.3, 0.4) is 0 Å². The van der Waals surface area contributed by atoms with Crippen molar-refractivity contribution in [2.45, 2.75) is 19.9 Å². The van der Waals surface area contributed by atoms with Crippen LogP contribution < -0.4 is 5.73 Å². The molecule has 0 aliphatic carbocycles. The molecule has 4 heteroatoms. The molecule has 1 heterocycles. The zero-order chi connectivity index (χ0) is 13.3. The topological polar surface area (TPSA) is 38.9 Å². The van der Waals surface area contributed by atoms with Crippen molar-refractivity contribution < 1.29 is 0 Å². The molecule has 1 unspecified atom stereocenters. The molecular weight excluding hydrogens is 356 g/mol. The first kappa shape index (κ1) is 13.7. The van der Waals surface area contributed by atoms with Crippen LogP contribution in [-0.2, 0) is 0 Å². The number of benzene rings is 1. The summed E-state index contributed by atoms with van der Waals surface area (Å²) in [5, 5.41) is 0. The first-order chi connectivity index (χ1) is 8.47. The Hall–Kier alpha value is -0.710. The van der Waals surface area contributed by atoms with Gasteiger partial charge < -0.3 is 5.73 Å². The summed E-state index contributed by atoms with van der Waals surface area (Å²) in [7, 11) is 0. The Labute approximate surface area is 124 Å². The molecule has 0 spiro atoms. The fraction of sp³-hybridized carbons (Fsp3) is 0.214. The van der Waals surface area contributed by atoms with Crippen molar-refractivity contribution in [1.82, 2.24) is 4.98 Å². The number of hydrogen-bond donors (Lipinski definition) is 1. The molecule has 0 saturated carbocycles. The van der Waals surface area contributed by atoms with Gasteiger partial charge in [0.25, 0.3) is 0 Å². The Balaban J connectivity index is 2.44. The van der Waals surface area contributed by atoms with Crippen LogP contribution in [0.4, 0.5) is 0 Å². The molecular formula is C14H14Br2N2. The highest BCUT2D eigenvalue weighted by molar-refractivity contribution is 9.11. The van der Waals surface area contributed by atoms with Crippen LogP contribution in [0.15, 0.2) is 39.4 Å². The molecule has 0 aliphatic rings. The molecule has 1 aromatic carbocycles. The lowest BCUT2D eigenvalue weighted by molar-refractivity contribution is 0.818. The van der Waals surface area contributed by atoms with Crippen LogP contribution in [0.1, 0.15) is 28.4 Å². The summed E-state index contributed by atoms with van der Waals surface area (Å²) in [6.07, 6.45) is 1.77. The van der Waals surface area contributed by atoms with E-state index in [2.05, 4.69) is 68.9 Å². The molecule has 2 nitrogen and oxygen atoms in total. The number of nitrogens with zero attached hydrogens (tertiary/aromatic N) is 1. The van der Waals surface area contributed by atoms with E-state index in [4.69, 9.17) is 5.73 Å². The van der Waals surface area contributed by atoms with E-state index in [1.165, 1.54) is 11.1 Å². The zero-order valence-electron chi connectivity index (χ0n) is 10.2. The minimum absolute atomic E-state index is 0.217. The Morgan fingerprint density at radius 2 is 1.67 bits per heavy atom. The van der Waals surface area contributed by atoms with E-state index >= 15 is 0 Å². The summed E-state index contributed by atoms with van der Waals surface area (Å²) in [5.41, 5.74) is 10.7. The van der Waals surface area contributed by atoms with Gasteiger partial charge in [0.05, 0.1) is 11.7 Å². The Morgan fingerprint density at radius 3 is 2.22 bits per heavy atom. The lowest BCUT2D eigenvalue weighted by Gasteiger charge is -2.15. The maximum Gasteiger partial charge on any atom is 0.0758 e. The van der Waals surface area contributed by atoms with Crippen molar-refractivity contribution in [3.05, 3.63) is 61.8 Å². The number of halogens is 2. The second-order valence-electron chi connectivity index (χ2n) is 4.42. The summed E-state index contributed by atoms with van der Waals surface area (Å²) >= 11 is 6.90. The highest BCUT2D eigenvalue weighted by Crippen LogP contribution is 2.28. The quantitative estimate of drug-likeness (QED) is 0.858. The van der Waals surface area contributed by atoms with E-state index in [9.17, 15) is 0 Å². The molecule has 2 aromatic rings. The third-order valence-electron chi connectivity index (χ3n) is 2.73. The van der Waals surface area contributed by atoms with Gasteiger partial charge in [-0.3, -0.25) is 4.98 Å². The minimum Gasteiger partial charge on any atom is -0.319 e. The molecule has 18 heavy (non-hydrogen) atoms. The Kier molecular flexibility index (Phi) is 4.20. The SMILES string of the molecule is Cc1cc(C)cc(C(N)c2ncc(Br)cc2Br)c1. The summed E-state index contributed by atoms with van der Waals surface area (Å²) in [5.74, 6) is 0. The van der Waals surface area contributed by atoms with E-state index in [0.29, 0.717) is 0 Å². The largest absolute Gasteiger partial charge is 0.319 e. The number of pyridine rings is 1. The summed E-state index contributed by atoms with van der Waals surface area (Å²) in [4.78, 5) is 4.39. The smallest absolute Gasteiger partial charge is 0.0758 e. The fourth-order valence-corrected chi connectivity index (χ4v) is 3.24. The second-order valence-corrected chi connectivity index (χ2v) is 6.19. The third kappa shape index (κ3) is 2.99. The number of hydrogen-bond acceptors (Lipinski definition) is 2. The van der Waals surface area contributed by atoms with Crippen molar-refractivity contribution in [2.24, 2.45) is 5.73 Å². The van der Waals surface area contributed by atoms with Crippen LogP contribution in [0.5, 0.6) is 0 Å². The monoisotopic (exact) mass is 368 g/mol. The summed E-state index contributed by atoms with van der Waals surface area (Å²) < 4.78 is 1.86. The Morgan fingerprint density at radius 1 is 1.06 bits per heavy atom. The highest BCUT2D eigenvalue weighted by Gasteiger charge is 2.14. The second kappa shape index (κ2) is 5.51. The number of nitrogens with two attached hydrogens (primary N) is 1. The van der Waals surface area contributed by atoms with Crippen LogP contribution in [0.2, 0.25) is 0 Å². The average Bonchev–Trinajstić information content (AvgIpc) is 2.26. The van der Waals surface area contributed by atoms with Gasteiger partial charge in [0.15, 0.2) is 0 Å². The molecule has 0 amide bonds. The van der Waals surface area contributed by atoms with Crippen molar-refractivity contribution >= 4 is 31.9 Å². The van der Waals surface area contributed by atoms with E-state index in [1.54, 1.807) is 6.20 Å². The molecule has 0 bridgehead atoms. The maximum atomic E-state index is 6.30. The fourth-order valence-electron chi connectivity index (χ4n) is 2.00. The third-order valence-corrected chi connectivity index (χ3v) is 3.80. The van der Waals surface area contributed by atoms with Gasteiger partial charge >= 0.3 is 0 Å². The summed E-state index contributed by atoms with van der Waals surface area (Å²) in [6, 6.07) is 8.10. The van der Waals surface area contributed by atoms with E-state index in [1.807, 2.05) is 6.07 Å². The first-order valence-corrected chi connectivity index (χ1v) is 7.20. The molecule has 0 saturated heterocycles. The van der Waals surface area contributed by atoms with Gasteiger partial charge in [0.1, 0.15) is 0 Å². The lowest BCUT2D eigenvalue weighted by Crippen LogP contribution is -2.14. The van der Waals surface area contributed by atoms with Gasteiger partial charge in [0, 0.05) is 15.1 Å². The van der Waals surface area contributed by atoms with Crippen LogP contribution in [0, 0.1) is 13.8 Å². The minimum atomic E-state index is -0.217. The molecule has 0 aliphatic heterocycles. The predicted octanol–water partition coefficient (Wildman–Crippen LogP) is 4.27.